The van der Waals surface area contributed by atoms with Crippen molar-refractivity contribution in [2.45, 2.75) is 58.5 Å². The molecule has 0 heterocycles. The molecule has 1 N–H and O–H groups in total. The lowest BCUT2D eigenvalue weighted by molar-refractivity contribution is -0.145. The maximum atomic E-state index is 12.3. The molecule has 0 bridgehead atoms. The molecule has 0 aromatic heterocycles. The molecule has 0 spiro atoms. The maximum Gasteiger partial charge on any atom is 0.321 e. The van der Waals surface area contributed by atoms with Gasteiger partial charge in [0.25, 0.3) is 0 Å². The Labute approximate surface area is 195 Å². The van der Waals surface area contributed by atoms with Crippen LogP contribution in [0.2, 0.25) is 0 Å². The number of carboxylic acid groups (broad SMARTS) is 1. The lowest BCUT2D eigenvalue weighted by Crippen LogP contribution is -2.39. The summed E-state index contributed by atoms with van der Waals surface area (Å²) >= 11 is 0. The summed E-state index contributed by atoms with van der Waals surface area (Å²) in [5, 5.41) is 9.91. The number of rotatable bonds is 14. The van der Waals surface area contributed by atoms with E-state index in [-0.39, 0.29) is 32.7 Å². The number of hydrogen-bond donors (Lipinski definition) is 1. The van der Waals surface area contributed by atoms with Crippen LogP contribution in [0.1, 0.15) is 52.2 Å². The van der Waals surface area contributed by atoms with E-state index in [0.29, 0.717) is 11.1 Å². The Kier molecular flexibility index (Phi) is 10.5. The van der Waals surface area contributed by atoms with E-state index in [9.17, 15) is 27.9 Å². The van der Waals surface area contributed by atoms with Crippen LogP contribution in [-0.2, 0) is 50.3 Å². The van der Waals surface area contributed by atoms with Crippen molar-refractivity contribution in [1.29, 1.82) is 0 Å². The number of sulfone groups is 1. The van der Waals surface area contributed by atoms with Crippen LogP contribution in [0.5, 0.6) is 0 Å². The average molecular weight is 487 g/mol. The predicted molar refractivity (Wildman–Crippen MR) is 122 cm³/mol. The molecule has 0 aliphatic heterocycles. The van der Waals surface area contributed by atoms with Crippen molar-refractivity contribution >= 4 is 27.7 Å². The minimum absolute atomic E-state index is 0.0270. The molecule has 0 fully saturated rings. The van der Waals surface area contributed by atoms with E-state index in [1.165, 1.54) is 0 Å². The first-order valence-corrected chi connectivity index (χ1v) is 12.5. The van der Waals surface area contributed by atoms with Crippen LogP contribution >= 0.6 is 0 Å². The van der Waals surface area contributed by atoms with Crippen molar-refractivity contribution in [3.63, 3.8) is 0 Å². The second-order valence-corrected chi connectivity index (χ2v) is 10.6. The van der Waals surface area contributed by atoms with Gasteiger partial charge in [-0.3, -0.25) is 14.4 Å². The SMILES string of the molecule is CCOC(=O)Cc1cccc(C(C)(CCOC(C)(C)CS(=O)(=O)CC(=O)OCC)C(=O)O)c1. The lowest BCUT2D eigenvalue weighted by atomic mass is 9.79. The Morgan fingerprint density at radius 3 is 2.18 bits per heavy atom. The molecule has 10 heteroatoms. The molecule has 1 aromatic carbocycles. The third-order valence-corrected chi connectivity index (χ3v) is 6.81. The molecule has 1 atom stereocenters. The maximum absolute atomic E-state index is 12.3. The molecule has 33 heavy (non-hydrogen) atoms. The minimum Gasteiger partial charge on any atom is -0.481 e. The summed E-state index contributed by atoms with van der Waals surface area (Å²) in [6.45, 7) is 8.28. The van der Waals surface area contributed by atoms with Crippen molar-refractivity contribution in [2.24, 2.45) is 0 Å². The van der Waals surface area contributed by atoms with Crippen LogP contribution in [0.3, 0.4) is 0 Å². The average Bonchev–Trinajstić information content (AvgIpc) is 2.66. The largest absolute Gasteiger partial charge is 0.481 e. The smallest absolute Gasteiger partial charge is 0.321 e. The molecule has 0 aliphatic rings. The summed E-state index contributed by atoms with van der Waals surface area (Å²) < 4.78 is 39.9. The zero-order valence-corrected chi connectivity index (χ0v) is 20.7. The Bertz CT molecular complexity index is 937. The van der Waals surface area contributed by atoms with Crippen LogP contribution in [0.15, 0.2) is 24.3 Å². The molecule has 0 aliphatic carbocycles. The highest BCUT2D eigenvalue weighted by molar-refractivity contribution is 7.92. The van der Waals surface area contributed by atoms with E-state index in [1.807, 2.05) is 0 Å². The lowest BCUT2D eigenvalue weighted by Gasteiger charge is -2.30. The highest BCUT2D eigenvalue weighted by Crippen LogP contribution is 2.30. The van der Waals surface area contributed by atoms with E-state index in [1.54, 1.807) is 58.9 Å². The Hall–Kier alpha value is -2.46. The molecule has 0 saturated heterocycles. The van der Waals surface area contributed by atoms with Gasteiger partial charge >= 0.3 is 17.9 Å². The van der Waals surface area contributed by atoms with Crippen LogP contribution in [0.25, 0.3) is 0 Å². The Morgan fingerprint density at radius 2 is 1.61 bits per heavy atom. The standard InChI is InChI=1S/C23H34O9S/c1-6-30-19(24)14-17-9-8-10-18(13-17)23(5,21(26)27)11-12-32-22(3,4)16-33(28,29)15-20(25)31-7-2/h8-10,13H,6-7,11-12,14-16H2,1-5H3,(H,26,27). The van der Waals surface area contributed by atoms with E-state index < -0.39 is 50.3 Å². The van der Waals surface area contributed by atoms with Crippen LogP contribution < -0.4 is 0 Å². The van der Waals surface area contributed by atoms with Gasteiger partial charge in [0, 0.05) is 6.61 Å². The highest BCUT2D eigenvalue weighted by Gasteiger charge is 2.37. The monoisotopic (exact) mass is 486 g/mol. The molecule has 186 valence electrons. The number of carbonyl (C=O) groups is 3. The summed E-state index contributed by atoms with van der Waals surface area (Å²) in [7, 11) is -3.78. The van der Waals surface area contributed by atoms with Gasteiger partial charge in [0.2, 0.25) is 0 Å². The first-order valence-electron chi connectivity index (χ1n) is 10.7. The first kappa shape index (κ1) is 28.6. The molecular formula is C23H34O9S. The second kappa shape index (κ2) is 12.1. The molecule has 0 amide bonds. The summed E-state index contributed by atoms with van der Waals surface area (Å²) in [5.41, 5.74) is -1.35. The fourth-order valence-electron chi connectivity index (χ4n) is 3.31. The van der Waals surface area contributed by atoms with Crippen molar-refractivity contribution in [3.05, 3.63) is 35.4 Å². The van der Waals surface area contributed by atoms with Crippen LogP contribution in [0.4, 0.5) is 0 Å². The number of aliphatic carboxylic acids is 1. The summed E-state index contributed by atoms with van der Waals surface area (Å²) in [4.78, 5) is 35.4. The molecule has 1 rings (SSSR count). The van der Waals surface area contributed by atoms with Crippen LogP contribution in [0, 0.1) is 0 Å². The fraction of sp³-hybridized carbons (Fsp3) is 0.609. The summed E-state index contributed by atoms with van der Waals surface area (Å²) in [6.07, 6.45) is 0.0891. The van der Waals surface area contributed by atoms with Gasteiger partial charge in [0.15, 0.2) is 9.84 Å². The van der Waals surface area contributed by atoms with Gasteiger partial charge in [-0.25, -0.2) is 8.42 Å². The van der Waals surface area contributed by atoms with E-state index in [2.05, 4.69) is 4.74 Å². The first-order chi connectivity index (χ1) is 15.2. The van der Waals surface area contributed by atoms with Crippen molar-refractivity contribution < 1.29 is 42.1 Å². The second-order valence-electron chi connectivity index (χ2n) is 8.51. The number of carboxylic acids is 1. The molecular weight excluding hydrogens is 452 g/mol. The molecule has 0 saturated carbocycles. The van der Waals surface area contributed by atoms with Crippen molar-refractivity contribution in [3.8, 4) is 0 Å². The topological polar surface area (TPSA) is 133 Å². The molecule has 0 radical (unpaired) electrons. The quantitative estimate of drug-likeness (QED) is 0.393. The van der Waals surface area contributed by atoms with Gasteiger partial charge < -0.3 is 19.3 Å². The fourth-order valence-corrected chi connectivity index (χ4v) is 5.00. The van der Waals surface area contributed by atoms with E-state index in [0.717, 1.165) is 0 Å². The number of benzene rings is 1. The number of esters is 2. The third kappa shape index (κ3) is 9.51. The molecule has 1 unspecified atom stereocenters. The van der Waals surface area contributed by atoms with Crippen molar-refractivity contribution in [1.82, 2.24) is 0 Å². The van der Waals surface area contributed by atoms with E-state index >= 15 is 0 Å². The molecule has 1 aromatic rings. The van der Waals surface area contributed by atoms with E-state index in [4.69, 9.17) is 9.47 Å². The van der Waals surface area contributed by atoms with Gasteiger partial charge in [-0.05, 0) is 52.2 Å². The zero-order chi connectivity index (χ0) is 25.3. The van der Waals surface area contributed by atoms with Gasteiger partial charge in [-0.1, -0.05) is 24.3 Å². The van der Waals surface area contributed by atoms with Crippen LogP contribution in [-0.4, -0.2) is 68.4 Å². The minimum atomic E-state index is -3.78. The third-order valence-electron chi connectivity index (χ3n) is 5.00. The van der Waals surface area contributed by atoms with Gasteiger partial charge in [-0.2, -0.15) is 0 Å². The number of hydrogen-bond acceptors (Lipinski definition) is 8. The Morgan fingerprint density at radius 1 is 1.00 bits per heavy atom. The summed E-state index contributed by atoms with van der Waals surface area (Å²) in [6, 6.07) is 6.71. The number of ether oxygens (including phenoxy) is 3. The highest BCUT2D eigenvalue weighted by atomic mass is 32.2. The van der Waals surface area contributed by atoms with Gasteiger partial charge in [0.1, 0.15) is 5.75 Å². The molecule has 9 nitrogen and oxygen atoms in total. The summed E-state index contributed by atoms with van der Waals surface area (Å²) in [5.74, 6) is -3.46. The predicted octanol–water partition coefficient (Wildman–Crippen LogP) is 2.30. The normalized spacial score (nSPS) is 13.7. The van der Waals surface area contributed by atoms with Gasteiger partial charge in [0.05, 0.1) is 36.4 Å². The zero-order valence-electron chi connectivity index (χ0n) is 19.9. The number of carbonyl (C=O) groups excluding carboxylic acids is 2. The van der Waals surface area contributed by atoms with Gasteiger partial charge in [-0.15, -0.1) is 0 Å². The Balaban J connectivity index is 2.88. The van der Waals surface area contributed by atoms with Crippen molar-refractivity contribution in [2.75, 3.05) is 31.3 Å².